The second-order valence-electron chi connectivity index (χ2n) is 9.74. The number of carbonyl (C=O) groups is 1. The van der Waals surface area contributed by atoms with Gasteiger partial charge in [0.25, 0.3) is 0 Å². The third-order valence-corrected chi connectivity index (χ3v) is 7.96. The molecule has 3 heterocycles. The van der Waals surface area contributed by atoms with Crippen molar-refractivity contribution >= 4 is 28.9 Å². The van der Waals surface area contributed by atoms with Crippen molar-refractivity contribution in [3.63, 3.8) is 0 Å². The topological polar surface area (TPSA) is 126 Å². The van der Waals surface area contributed by atoms with Crippen LogP contribution < -0.4 is 10.6 Å². The zero-order valence-electron chi connectivity index (χ0n) is 21.4. The molecule has 1 aliphatic rings. The van der Waals surface area contributed by atoms with Gasteiger partial charge in [-0.3, -0.25) is 4.79 Å². The Bertz CT molecular complexity index is 1490. The Hall–Kier alpha value is -3.97. The molecule has 0 bridgehead atoms. The van der Waals surface area contributed by atoms with Crippen molar-refractivity contribution in [2.24, 2.45) is 5.92 Å². The molecule has 3 aromatic heterocycles. The van der Waals surface area contributed by atoms with Gasteiger partial charge in [0.05, 0.1) is 17.1 Å². The van der Waals surface area contributed by atoms with Crippen molar-refractivity contribution in [3.05, 3.63) is 76.9 Å². The van der Waals surface area contributed by atoms with Crippen molar-refractivity contribution in [1.29, 1.82) is 0 Å². The number of aliphatic hydroxyl groups is 1. The second-order valence-corrected chi connectivity index (χ2v) is 10.8. The molecule has 0 aliphatic heterocycles. The van der Waals surface area contributed by atoms with Crippen LogP contribution >= 0.6 is 11.3 Å². The molecule has 40 heavy (non-hydrogen) atoms. The van der Waals surface area contributed by atoms with Crippen molar-refractivity contribution in [1.82, 2.24) is 30.5 Å². The maximum absolute atomic E-state index is 13.0. The molecule has 13 heteroatoms. The molecule has 9 nitrogen and oxygen atoms in total. The summed E-state index contributed by atoms with van der Waals surface area (Å²) in [6, 6.07) is 9.85. The van der Waals surface area contributed by atoms with E-state index in [-0.39, 0.29) is 17.8 Å². The zero-order chi connectivity index (χ0) is 28.3. The highest BCUT2D eigenvalue weighted by molar-refractivity contribution is 7.15. The summed E-state index contributed by atoms with van der Waals surface area (Å²) in [5, 5.41) is 25.5. The molecule has 3 N–H and O–H groups in total. The van der Waals surface area contributed by atoms with Gasteiger partial charge in [-0.25, -0.2) is 15.0 Å². The average Bonchev–Trinajstić information content (AvgIpc) is 3.44. The van der Waals surface area contributed by atoms with Gasteiger partial charge in [-0.1, -0.05) is 6.07 Å². The van der Waals surface area contributed by atoms with Crippen LogP contribution in [0.2, 0.25) is 0 Å². The first-order valence-corrected chi connectivity index (χ1v) is 13.4. The highest BCUT2D eigenvalue weighted by atomic mass is 32.1. The van der Waals surface area contributed by atoms with Gasteiger partial charge < -0.3 is 15.7 Å². The first-order chi connectivity index (χ1) is 19.1. The Labute approximate surface area is 232 Å². The molecule has 1 amide bonds. The number of hydrogen-bond acceptors (Lipinski definition) is 9. The first kappa shape index (κ1) is 27.6. The number of hydrogen-bond donors (Lipinski definition) is 3. The summed E-state index contributed by atoms with van der Waals surface area (Å²) in [5.74, 6) is -0.444. The number of amides is 1. The Morgan fingerprint density at radius 1 is 1.15 bits per heavy atom. The molecule has 1 fully saturated rings. The van der Waals surface area contributed by atoms with Gasteiger partial charge in [0.15, 0.2) is 0 Å². The third-order valence-electron chi connectivity index (χ3n) is 6.72. The largest absolute Gasteiger partial charge is 0.433 e. The van der Waals surface area contributed by atoms with Crippen LogP contribution in [0.5, 0.6) is 0 Å². The highest BCUT2D eigenvalue weighted by Gasteiger charge is 2.39. The molecule has 0 radical (unpaired) electrons. The summed E-state index contributed by atoms with van der Waals surface area (Å²) >= 11 is 1.35. The highest BCUT2D eigenvalue weighted by Crippen LogP contribution is 2.43. The van der Waals surface area contributed by atoms with Gasteiger partial charge >= 0.3 is 6.18 Å². The van der Waals surface area contributed by atoms with Crippen LogP contribution in [0.3, 0.4) is 0 Å². The first-order valence-electron chi connectivity index (χ1n) is 12.6. The van der Waals surface area contributed by atoms with E-state index in [1.165, 1.54) is 11.3 Å². The van der Waals surface area contributed by atoms with Crippen molar-refractivity contribution in [2.75, 3.05) is 5.32 Å². The fourth-order valence-corrected chi connectivity index (χ4v) is 5.70. The predicted octanol–water partition coefficient (Wildman–Crippen LogP) is 5.16. The van der Waals surface area contributed by atoms with Gasteiger partial charge in [0, 0.05) is 30.2 Å². The number of halogens is 3. The Morgan fingerprint density at radius 2 is 1.95 bits per heavy atom. The molecular weight excluding hydrogens is 543 g/mol. The number of thiazole rings is 1. The fraction of sp³-hybridized carbons (Fsp3) is 0.333. The Balaban J connectivity index is 1.24. The van der Waals surface area contributed by atoms with E-state index < -0.39 is 17.5 Å². The zero-order valence-corrected chi connectivity index (χ0v) is 22.3. The molecule has 1 aliphatic carbocycles. The van der Waals surface area contributed by atoms with Gasteiger partial charge in [-0.15, -0.1) is 11.3 Å². The van der Waals surface area contributed by atoms with Crippen molar-refractivity contribution < 1.29 is 23.1 Å². The van der Waals surface area contributed by atoms with E-state index in [4.69, 9.17) is 0 Å². The lowest BCUT2D eigenvalue weighted by Gasteiger charge is -2.33. The standard InChI is InChI=1S/C27H26F3N7O2S/c1-16-11-18(13-20(12-16)35-25-31-10-6-22(36-25)27(28,29)30)21-15-33-24(40-21)26(39)7-4-17(5-8-26)23(38)32-14-19-3-2-9-34-37-19/h2-3,6,9-13,15,17,39H,4-5,7-8,14H2,1H3,(H,32,38)(H,31,35,36). The molecule has 208 valence electrons. The second kappa shape index (κ2) is 11.3. The number of nitrogens with one attached hydrogen (secondary N) is 2. The molecule has 0 atom stereocenters. The number of rotatable bonds is 7. The molecule has 1 aromatic carbocycles. The maximum atomic E-state index is 13.0. The van der Waals surface area contributed by atoms with Gasteiger partial charge in [-0.05, 0) is 74.1 Å². The minimum Gasteiger partial charge on any atom is -0.383 e. The summed E-state index contributed by atoms with van der Waals surface area (Å²) in [7, 11) is 0. The number of aryl methyl sites for hydroxylation is 1. The van der Waals surface area contributed by atoms with Crippen LogP contribution in [0, 0.1) is 12.8 Å². The number of alkyl halides is 3. The van der Waals surface area contributed by atoms with E-state index in [2.05, 4.69) is 35.8 Å². The van der Waals surface area contributed by atoms with Gasteiger partial charge in [0.2, 0.25) is 11.9 Å². The molecule has 1 saturated carbocycles. The van der Waals surface area contributed by atoms with Gasteiger partial charge in [0.1, 0.15) is 16.3 Å². The van der Waals surface area contributed by atoms with Crippen LogP contribution in [0.1, 0.15) is 47.6 Å². The molecule has 4 aromatic rings. The normalized spacial score (nSPS) is 19.3. The Morgan fingerprint density at radius 3 is 2.67 bits per heavy atom. The van der Waals surface area contributed by atoms with Crippen LogP contribution in [-0.4, -0.2) is 36.2 Å². The summed E-state index contributed by atoms with van der Waals surface area (Å²) < 4.78 is 39.1. The number of benzene rings is 1. The summed E-state index contributed by atoms with van der Waals surface area (Å²) in [4.78, 5) is 25.4. The molecule has 5 rings (SSSR count). The van der Waals surface area contributed by atoms with Crippen LogP contribution in [0.4, 0.5) is 24.8 Å². The maximum Gasteiger partial charge on any atom is 0.433 e. The summed E-state index contributed by atoms with van der Waals surface area (Å²) in [6.07, 6.45) is 1.57. The predicted molar refractivity (Wildman–Crippen MR) is 142 cm³/mol. The van der Waals surface area contributed by atoms with Gasteiger partial charge in [-0.2, -0.15) is 23.4 Å². The van der Waals surface area contributed by atoms with E-state index in [0.29, 0.717) is 48.6 Å². The van der Waals surface area contributed by atoms with E-state index in [9.17, 15) is 23.1 Å². The lowest BCUT2D eigenvalue weighted by molar-refractivity contribution is -0.141. The van der Waals surface area contributed by atoms with E-state index >= 15 is 0 Å². The van der Waals surface area contributed by atoms with E-state index in [1.807, 2.05) is 13.0 Å². The SMILES string of the molecule is Cc1cc(Nc2nccc(C(F)(F)F)n2)cc(-c2cnc(C3(O)CCC(C(=O)NCc4cccnn4)CC3)s2)c1. The lowest BCUT2D eigenvalue weighted by atomic mass is 9.78. The monoisotopic (exact) mass is 569 g/mol. The minimum atomic E-state index is -4.57. The third kappa shape index (κ3) is 6.42. The lowest BCUT2D eigenvalue weighted by Crippen LogP contribution is -2.38. The van der Waals surface area contributed by atoms with Crippen LogP contribution in [-0.2, 0) is 23.1 Å². The molecule has 0 spiro atoms. The number of aromatic nitrogens is 5. The summed E-state index contributed by atoms with van der Waals surface area (Å²) in [5.41, 5.74) is 0.691. The van der Waals surface area contributed by atoms with E-state index in [0.717, 1.165) is 28.3 Å². The quantitative estimate of drug-likeness (QED) is 0.279. The number of carbonyl (C=O) groups excluding carboxylic acids is 1. The van der Waals surface area contributed by atoms with Crippen molar-refractivity contribution in [2.45, 2.75) is 50.9 Å². The van der Waals surface area contributed by atoms with E-state index in [1.54, 1.807) is 36.7 Å². The number of anilines is 2. The van der Waals surface area contributed by atoms with Crippen molar-refractivity contribution in [3.8, 4) is 10.4 Å². The number of nitrogens with zero attached hydrogens (tertiary/aromatic N) is 5. The molecular formula is C27H26F3N7O2S. The minimum absolute atomic E-state index is 0.0722. The smallest absolute Gasteiger partial charge is 0.383 e. The van der Waals surface area contributed by atoms with Crippen LogP contribution in [0.25, 0.3) is 10.4 Å². The summed E-state index contributed by atoms with van der Waals surface area (Å²) in [6.45, 7) is 2.17. The Kier molecular flexibility index (Phi) is 7.76. The van der Waals surface area contributed by atoms with Crippen LogP contribution in [0.15, 0.2) is 55.0 Å². The molecule has 0 unspecified atom stereocenters. The fourth-order valence-electron chi connectivity index (χ4n) is 4.65. The average molecular weight is 570 g/mol. The molecule has 0 saturated heterocycles.